The predicted molar refractivity (Wildman–Crippen MR) is 113 cm³/mol. The molecule has 0 bridgehead atoms. The molecule has 0 saturated heterocycles. The van der Waals surface area contributed by atoms with Crippen LogP contribution in [0.15, 0.2) is 38.3 Å². The Kier molecular flexibility index (Phi) is 4.08. The van der Waals surface area contributed by atoms with Gasteiger partial charge in [0.1, 0.15) is 15.2 Å². The highest BCUT2D eigenvalue weighted by Gasteiger charge is 2.54. The summed E-state index contributed by atoms with van der Waals surface area (Å²) < 4.78 is 31.7. The van der Waals surface area contributed by atoms with Crippen LogP contribution in [0.3, 0.4) is 0 Å². The van der Waals surface area contributed by atoms with Gasteiger partial charge in [-0.15, -0.1) is 0 Å². The number of rotatable bonds is 5. The van der Waals surface area contributed by atoms with Crippen molar-refractivity contribution in [3.05, 3.63) is 41.1 Å². The zero-order valence-corrected chi connectivity index (χ0v) is 18.2. The number of hydrogen-bond donors (Lipinski definition) is 2. The smallest absolute Gasteiger partial charge is 0.287 e. The monoisotopic (exact) mass is 460 g/mol. The van der Waals surface area contributed by atoms with Crippen LogP contribution in [0.5, 0.6) is 0 Å². The Morgan fingerprint density at radius 2 is 2.00 bits per heavy atom. The van der Waals surface area contributed by atoms with Crippen LogP contribution < -0.4 is 5.32 Å². The number of fused-ring (bicyclic) bond motifs is 1. The first-order chi connectivity index (χ1) is 14.8. The summed E-state index contributed by atoms with van der Waals surface area (Å²) in [7, 11) is -2.93. The summed E-state index contributed by atoms with van der Waals surface area (Å²) in [6.45, 7) is 0. The zero-order valence-electron chi connectivity index (χ0n) is 16.6. The van der Waals surface area contributed by atoms with Crippen LogP contribution in [-0.4, -0.2) is 31.4 Å². The molecule has 2 N–H and O–H groups in total. The Hall–Kier alpha value is -2.39. The Morgan fingerprint density at radius 3 is 2.74 bits per heavy atom. The number of halogens is 1. The van der Waals surface area contributed by atoms with Crippen molar-refractivity contribution in [2.45, 2.75) is 60.8 Å². The molecule has 1 spiro atoms. The quantitative estimate of drug-likeness (QED) is 0.578. The van der Waals surface area contributed by atoms with Crippen LogP contribution in [0.25, 0.3) is 11.2 Å². The van der Waals surface area contributed by atoms with Crippen molar-refractivity contribution in [1.82, 2.24) is 15.3 Å². The van der Waals surface area contributed by atoms with E-state index in [4.69, 9.17) is 25.2 Å². The summed E-state index contributed by atoms with van der Waals surface area (Å²) in [5.74, 6) is 0.793. The maximum absolute atomic E-state index is 12.5. The van der Waals surface area contributed by atoms with E-state index in [0.717, 1.165) is 38.5 Å². The molecule has 3 aromatic rings. The standard InChI is InChI=1S/C21H21ClN4O4S/c22-12-5-15-20(24-10-12)30-19(26-15)11-6-21(7-11)8-13(9-21)25-18(27)16-3-4-17(29-16)31(23,28)14-1-2-14/h3-5,10-11,13-14,23H,1-2,6-9H2,(H,25,27). The van der Waals surface area contributed by atoms with Crippen molar-refractivity contribution in [3.8, 4) is 0 Å². The second-order valence-electron chi connectivity index (χ2n) is 9.13. The molecule has 6 rings (SSSR count). The van der Waals surface area contributed by atoms with Crippen LogP contribution >= 0.6 is 11.6 Å². The van der Waals surface area contributed by atoms with Crippen molar-refractivity contribution < 1.29 is 17.8 Å². The number of oxazole rings is 1. The van der Waals surface area contributed by atoms with Crippen molar-refractivity contribution in [2.75, 3.05) is 0 Å². The summed E-state index contributed by atoms with van der Waals surface area (Å²) in [6.07, 6.45) is 6.89. The van der Waals surface area contributed by atoms with Crippen LogP contribution in [0.2, 0.25) is 5.02 Å². The molecule has 0 aliphatic heterocycles. The molecule has 1 atom stereocenters. The summed E-state index contributed by atoms with van der Waals surface area (Å²) in [5.41, 5.74) is 1.41. The van der Waals surface area contributed by atoms with Gasteiger partial charge in [0.05, 0.1) is 10.3 Å². The molecule has 3 aliphatic carbocycles. The third-order valence-corrected chi connectivity index (χ3v) is 9.16. The van der Waals surface area contributed by atoms with Gasteiger partial charge >= 0.3 is 0 Å². The van der Waals surface area contributed by atoms with Crippen LogP contribution in [0.4, 0.5) is 0 Å². The Balaban J connectivity index is 1.04. The molecule has 3 aliphatic rings. The van der Waals surface area contributed by atoms with Crippen molar-refractivity contribution in [2.24, 2.45) is 5.41 Å². The third kappa shape index (κ3) is 3.25. The average molecular weight is 461 g/mol. The second kappa shape index (κ2) is 6.56. The van der Waals surface area contributed by atoms with Gasteiger partial charge in [-0.3, -0.25) is 4.79 Å². The van der Waals surface area contributed by atoms with Crippen LogP contribution in [0, 0.1) is 10.2 Å². The average Bonchev–Trinajstić information content (AvgIpc) is 3.27. The predicted octanol–water partition coefficient (Wildman–Crippen LogP) is 4.49. The zero-order chi connectivity index (χ0) is 21.4. The molecule has 10 heteroatoms. The fraction of sp³-hybridized carbons (Fsp3) is 0.476. The fourth-order valence-corrected chi connectivity index (χ4v) is 6.76. The SMILES string of the molecule is N=S(=O)(c1ccc(C(=O)NC2CC3(C2)CC(c2nc4cc(Cl)cnc4o2)C3)o1)C1CC1. The molecule has 31 heavy (non-hydrogen) atoms. The van der Waals surface area contributed by atoms with Gasteiger partial charge in [0.2, 0.25) is 11.6 Å². The number of carbonyl (C=O) groups excluding carboxylic acids is 1. The van der Waals surface area contributed by atoms with Gasteiger partial charge in [0.15, 0.2) is 10.9 Å². The molecule has 0 radical (unpaired) electrons. The fourth-order valence-electron chi connectivity index (χ4n) is 5.00. The Bertz CT molecular complexity index is 1300. The van der Waals surface area contributed by atoms with E-state index in [1.54, 1.807) is 12.3 Å². The van der Waals surface area contributed by atoms with E-state index in [1.807, 2.05) is 0 Å². The lowest BCUT2D eigenvalue weighted by Crippen LogP contribution is -2.55. The summed E-state index contributed by atoms with van der Waals surface area (Å²) in [5, 5.41) is 3.51. The highest BCUT2D eigenvalue weighted by atomic mass is 35.5. The number of amides is 1. The van der Waals surface area contributed by atoms with E-state index < -0.39 is 9.73 Å². The number of carbonyl (C=O) groups is 1. The second-order valence-corrected chi connectivity index (χ2v) is 11.8. The number of furan rings is 1. The van der Waals surface area contributed by atoms with E-state index in [0.29, 0.717) is 22.1 Å². The lowest BCUT2D eigenvalue weighted by molar-refractivity contribution is -0.0257. The number of aromatic nitrogens is 2. The molecule has 162 valence electrons. The molecule has 3 aromatic heterocycles. The number of hydrogen-bond acceptors (Lipinski definition) is 7. The highest BCUT2D eigenvalue weighted by molar-refractivity contribution is 7.93. The number of pyridine rings is 1. The van der Waals surface area contributed by atoms with Crippen molar-refractivity contribution in [1.29, 1.82) is 4.78 Å². The molecular weight excluding hydrogens is 440 g/mol. The lowest BCUT2D eigenvalue weighted by atomic mass is 9.50. The Labute approximate surface area is 183 Å². The minimum Gasteiger partial charge on any atom is -0.441 e. The minimum absolute atomic E-state index is 0.0925. The largest absolute Gasteiger partial charge is 0.441 e. The van der Waals surface area contributed by atoms with Crippen LogP contribution in [0.1, 0.15) is 60.9 Å². The van der Waals surface area contributed by atoms with Crippen molar-refractivity contribution >= 4 is 38.5 Å². The van der Waals surface area contributed by atoms with E-state index in [-0.39, 0.29) is 39.4 Å². The van der Waals surface area contributed by atoms with Gasteiger partial charge in [-0.05, 0) is 62.1 Å². The summed E-state index contributed by atoms with van der Waals surface area (Å²) >= 11 is 5.97. The van der Waals surface area contributed by atoms with Gasteiger partial charge in [0.25, 0.3) is 5.91 Å². The molecular formula is C21H21ClN4O4S. The third-order valence-electron chi connectivity index (χ3n) is 6.73. The van der Waals surface area contributed by atoms with Gasteiger partial charge in [0, 0.05) is 18.2 Å². The molecule has 3 heterocycles. The molecule has 3 fully saturated rings. The Morgan fingerprint density at radius 1 is 1.23 bits per heavy atom. The number of nitrogens with one attached hydrogen (secondary N) is 2. The van der Waals surface area contributed by atoms with Crippen molar-refractivity contribution in [3.63, 3.8) is 0 Å². The maximum atomic E-state index is 12.5. The molecule has 1 amide bonds. The van der Waals surface area contributed by atoms with Gasteiger partial charge in [-0.2, -0.15) is 0 Å². The van der Waals surface area contributed by atoms with Gasteiger partial charge in [-0.25, -0.2) is 19.0 Å². The first kappa shape index (κ1) is 19.3. The van der Waals surface area contributed by atoms with E-state index in [2.05, 4.69) is 15.3 Å². The topological polar surface area (TPSA) is 122 Å². The summed E-state index contributed by atoms with van der Waals surface area (Å²) in [4.78, 5) is 21.2. The first-order valence-electron chi connectivity index (χ1n) is 10.4. The minimum atomic E-state index is -2.93. The van der Waals surface area contributed by atoms with Gasteiger partial charge < -0.3 is 14.2 Å². The maximum Gasteiger partial charge on any atom is 0.287 e. The molecule has 1 unspecified atom stereocenters. The molecule has 3 saturated carbocycles. The lowest BCUT2D eigenvalue weighted by Gasteiger charge is -2.57. The van der Waals surface area contributed by atoms with Gasteiger partial charge in [-0.1, -0.05) is 11.6 Å². The molecule has 8 nitrogen and oxygen atoms in total. The highest BCUT2D eigenvalue weighted by Crippen LogP contribution is 2.61. The van der Waals surface area contributed by atoms with E-state index in [1.165, 1.54) is 12.1 Å². The van der Waals surface area contributed by atoms with Crippen LogP contribution in [-0.2, 0) is 9.73 Å². The normalized spacial score (nSPS) is 29.3. The number of nitrogens with zero attached hydrogens (tertiary/aromatic N) is 2. The molecule has 0 aromatic carbocycles. The van der Waals surface area contributed by atoms with E-state index in [9.17, 15) is 9.00 Å². The van der Waals surface area contributed by atoms with E-state index >= 15 is 0 Å². The first-order valence-corrected chi connectivity index (χ1v) is 12.4. The summed E-state index contributed by atoms with van der Waals surface area (Å²) in [6, 6.07) is 4.87.